The number of thiophene rings is 1. The van der Waals surface area contributed by atoms with Gasteiger partial charge in [0.1, 0.15) is 27.1 Å². The monoisotopic (exact) mass is 570 g/mol. The molecule has 1 aromatic carbocycles. The third kappa shape index (κ3) is 5.11. The number of carbonyl (C=O) groups excluding carboxylic acids is 3. The summed E-state index contributed by atoms with van der Waals surface area (Å²) in [5, 5.41) is 16.2. The summed E-state index contributed by atoms with van der Waals surface area (Å²) in [6.07, 6.45) is 6.87. The minimum Gasteiger partial charge on any atom is -0.494 e. The Bertz CT molecular complexity index is 1640. The van der Waals surface area contributed by atoms with E-state index in [9.17, 15) is 19.6 Å². The molecule has 1 saturated heterocycles. The van der Waals surface area contributed by atoms with Crippen LogP contribution in [0.15, 0.2) is 42.1 Å². The van der Waals surface area contributed by atoms with Crippen LogP contribution in [0, 0.1) is 24.2 Å². The van der Waals surface area contributed by atoms with Crippen molar-refractivity contribution in [1.29, 1.82) is 5.26 Å². The zero-order valence-corrected chi connectivity index (χ0v) is 23.7. The summed E-state index contributed by atoms with van der Waals surface area (Å²) in [5.41, 5.74) is 2.86. The van der Waals surface area contributed by atoms with E-state index in [1.807, 2.05) is 32.0 Å². The van der Waals surface area contributed by atoms with Gasteiger partial charge in [0.25, 0.3) is 11.8 Å². The quantitative estimate of drug-likeness (QED) is 0.294. The number of hydrogen-bond acceptors (Lipinski definition) is 7. The van der Waals surface area contributed by atoms with Crippen LogP contribution in [-0.4, -0.2) is 53.5 Å². The molecule has 4 heterocycles. The molecule has 6 rings (SSSR count). The third-order valence-corrected chi connectivity index (χ3v) is 8.69. The molecule has 4 amide bonds. The molecule has 10 nitrogen and oxygen atoms in total. The van der Waals surface area contributed by atoms with Crippen molar-refractivity contribution < 1.29 is 19.1 Å². The molecule has 1 saturated carbocycles. The van der Waals surface area contributed by atoms with E-state index in [0.717, 1.165) is 30.6 Å². The Morgan fingerprint density at radius 3 is 2.83 bits per heavy atom. The van der Waals surface area contributed by atoms with Gasteiger partial charge in [-0.1, -0.05) is 6.08 Å². The second-order valence-electron chi connectivity index (χ2n) is 10.6. The number of carbonyl (C=O) groups is 3. The topological polar surface area (TPSA) is 128 Å². The van der Waals surface area contributed by atoms with Crippen molar-refractivity contribution >= 4 is 56.5 Å². The maximum absolute atomic E-state index is 13.6. The number of urea groups is 1. The van der Waals surface area contributed by atoms with Gasteiger partial charge in [0.05, 0.1) is 29.1 Å². The smallest absolute Gasteiger partial charge is 0.331 e. The number of piperidine rings is 1. The number of rotatable bonds is 7. The molecule has 1 atom stereocenters. The number of nitrogens with one attached hydrogen (secondary N) is 2. The molecule has 2 fully saturated rings. The highest BCUT2D eigenvalue weighted by atomic mass is 32.1. The standard InChI is InChI=1S/C30H30N6O4S/c1-3-40-21-8-9-22(17(2)13-21)36-23-10-11-32-28-24(23)25(34-30(36)39)26(41-28)27(37)33-20-5-4-12-35(16-20)29(38)19(15-31)14-18-6-7-18/h8-11,13-14,18,20H,3-7,12,16H2,1-2H3,(H,33,37)(H,34,39)/b19-14+/t20-/m1/s1. The summed E-state index contributed by atoms with van der Waals surface area (Å²) in [7, 11) is 0. The van der Waals surface area contributed by atoms with Gasteiger partial charge in [-0.05, 0) is 75.3 Å². The second-order valence-corrected chi connectivity index (χ2v) is 11.6. The van der Waals surface area contributed by atoms with Crippen LogP contribution in [0.1, 0.15) is 47.8 Å². The first-order chi connectivity index (χ1) is 19.9. The van der Waals surface area contributed by atoms with Crippen LogP contribution in [0.25, 0.3) is 10.2 Å². The van der Waals surface area contributed by atoms with E-state index in [1.54, 1.807) is 28.1 Å². The lowest BCUT2D eigenvalue weighted by atomic mass is 10.0. The number of hydrogen-bond donors (Lipinski definition) is 2. The Kier molecular flexibility index (Phi) is 7.09. The number of anilines is 3. The maximum Gasteiger partial charge on any atom is 0.331 e. The number of nitriles is 1. The minimum atomic E-state index is -0.370. The second kappa shape index (κ2) is 10.9. The summed E-state index contributed by atoms with van der Waals surface area (Å²) in [4.78, 5) is 48.8. The van der Waals surface area contributed by atoms with Crippen molar-refractivity contribution in [3.05, 3.63) is 52.6 Å². The summed E-state index contributed by atoms with van der Waals surface area (Å²) in [6.45, 7) is 5.26. The van der Waals surface area contributed by atoms with Gasteiger partial charge in [-0.2, -0.15) is 5.26 Å². The molecule has 2 aromatic heterocycles. The molecule has 0 bridgehead atoms. The average Bonchev–Trinajstić information content (AvgIpc) is 3.71. The largest absolute Gasteiger partial charge is 0.494 e. The third-order valence-electron chi connectivity index (χ3n) is 7.59. The number of pyridine rings is 1. The van der Waals surface area contributed by atoms with Gasteiger partial charge < -0.3 is 20.3 Å². The van der Waals surface area contributed by atoms with Gasteiger partial charge in [-0.15, -0.1) is 11.3 Å². The number of ether oxygens (including phenoxy) is 1. The first-order valence-electron chi connectivity index (χ1n) is 13.9. The molecule has 11 heteroatoms. The van der Waals surface area contributed by atoms with Gasteiger partial charge in [-0.25, -0.2) is 9.78 Å². The molecule has 3 aliphatic rings. The van der Waals surface area contributed by atoms with Crippen molar-refractivity contribution in [3.63, 3.8) is 0 Å². The van der Waals surface area contributed by atoms with Gasteiger partial charge in [0, 0.05) is 25.3 Å². The van der Waals surface area contributed by atoms with Gasteiger partial charge >= 0.3 is 6.03 Å². The normalized spacial score (nSPS) is 18.6. The highest BCUT2D eigenvalue weighted by Crippen LogP contribution is 2.46. The van der Waals surface area contributed by atoms with Gasteiger partial charge in [0.15, 0.2) is 0 Å². The molecular weight excluding hydrogens is 540 g/mol. The van der Waals surface area contributed by atoms with E-state index in [1.165, 1.54) is 11.3 Å². The molecule has 41 heavy (non-hydrogen) atoms. The summed E-state index contributed by atoms with van der Waals surface area (Å²) in [6, 6.07) is 8.77. The molecule has 1 aliphatic carbocycles. The Morgan fingerprint density at radius 1 is 1.27 bits per heavy atom. The number of nitrogens with zero attached hydrogens (tertiary/aromatic N) is 4. The Balaban J connectivity index is 1.25. The van der Waals surface area contributed by atoms with Crippen molar-refractivity contribution in [3.8, 4) is 11.8 Å². The first kappa shape index (κ1) is 26.8. The van der Waals surface area contributed by atoms with Crippen LogP contribution in [0.3, 0.4) is 0 Å². The zero-order chi connectivity index (χ0) is 28.7. The summed E-state index contributed by atoms with van der Waals surface area (Å²) < 4.78 is 5.61. The summed E-state index contributed by atoms with van der Waals surface area (Å²) in [5.74, 6) is 0.447. The molecule has 0 unspecified atom stereocenters. The molecule has 0 radical (unpaired) electrons. The van der Waals surface area contributed by atoms with Crippen LogP contribution in [0.5, 0.6) is 5.75 Å². The van der Waals surface area contributed by atoms with Crippen LogP contribution in [0.4, 0.5) is 21.9 Å². The number of amides is 4. The van der Waals surface area contributed by atoms with E-state index in [-0.39, 0.29) is 29.5 Å². The summed E-state index contributed by atoms with van der Waals surface area (Å²) >= 11 is 1.22. The van der Waals surface area contributed by atoms with Crippen molar-refractivity contribution in [2.24, 2.45) is 5.92 Å². The number of aryl methyl sites for hydroxylation is 1. The lowest BCUT2D eigenvalue weighted by molar-refractivity contribution is -0.128. The predicted molar refractivity (Wildman–Crippen MR) is 157 cm³/mol. The lowest BCUT2D eigenvalue weighted by Crippen LogP contribution is -2.50. The lowest BCUT2D eigenvalue weighted by Gasteiger charge is -2.33. The maximum atomic E-state index is 13.6. The highest BCUT2D eigenvalue weighted by molar-refractivity contribution is 7.21. The van der Waals surface area contributed by atoms with Crippen LogP contribution in [-0.2, 0) is 4.79 Å². The van der Waals surface area contributed by atoms with E-state index >= 15 is 0 Å². The minimum absolute atomic E-state index is 0.182. The fourth-order valence-corrected chi connectivity index (χ4v) is 6.50. The first-order valence-corrected chi connectivity index (χ1v) is 14.7. The predicted octanol–water partition coefficient (Wildman–Crippen LogP) is 5.27. The number of likely N-dealkylation sites (tertiary alicyclic amines) is 1. The fraction of sp³-hybridized carbons (Fsp3) is 0.367. The van der Waals surface area contributed by atoms with Crippen molar-refractivity contribution in [2.45, 2.75) is 45.6 Å². The van der Waals surface area contributed by atoms with Gasteiger partial charge in [-0.3, -0.25) is 14.5 Å². The van der Waals surface area contributed by atoms with E-state index in [2.05, 4.69) is 21.7 Å². The fourth-order valence-electron chi connectivity index (χ4n) is 5.47. The SMILES string of the molecule is CCOc1ccc(N2C(=O)Nc3c(C(=O)N[C@@H]4CCCN(C(=O)/C(C#N)=C/C5CC5)C4)sc4nccc2c34)c(C)c1. The van der Waals surface area contributed by atoms with Crippen LogP contribution >= 0.6 is 11.3 Å². The Morgan fingerprint density at radius 2 is 2.10 bits per heavy atom. The molecule has 0 spiro atoms. The number of aromatic nitrogens is 1. The van der Waals surface area contributed by atoms with Crippen LogP contribution < -0.4 is 20.3 Å². The van der Waals surface area contributed by atoms with Crippen molar-refractivity contribution in [1.82, 2.24) is 15.2 Å². The van der Waals surface area contributed by atoms with E-state index in [4.69, 9.17) is 4.74 Å². The molecule has 2 aliphatic heterocycles. The molecule has 2 N–H and O–H groups in total. The average molecular weight is 571 g/mol. The Labute approximate surface area is 241 Å². The number of benzene rings is 1. The Hall–Kier alpha value is -4.43. The van der Waals surface area contributed by atoms with Crippen molar-refractivity contribution in [2.75, 3.05) is 29.9 Å². The van der Waals surface area contributed by atoms with Crippen LogP contribution in [0.2, 0.25) is 0 Å². The number of allylic oxidation sites excluding steroid dienone is 1. The molecule has 3 aromatic rings. The molecular formula is C30H30N6O4S. The highest BCUT2D eigenvalue weighted by Gasteiger charge is 2.35. The molecule has 210 valence electrons. The zero-order valence-electron chi connectivity index (χ0n) is 22.9. The van der Waals surface area contributed by atoms with E-state index < -0.39 is 0 Å². The van der Waals surface area contributed by atoms with Gasteiger partial charge in [0.2, 0.25) is 0 Å². The van der Waals surface area contributed by atoms with E-state index in [0.29, 0.717) is 64.2 Å².